The van der Waals surface area contributed by atoms with Crippen molar-refractivity contribution in [2.45, 2.75) is 6.04 Å². The van der Waals surface area contributed by atoms with Crippen LogP contribution in [0.15, 0.2) is 71.3 Å². The van der Waals surface area contributed by atoms with Crippen LogP contribution in [0.25, 0.3) is 0 Å². The van der Waals surface area contributed by atoms with Gasteiger partial charge in [-0.15, -0.1) is 0 Å². The van der Waals surface area contributed by atoms with E-state index in [1.165, 1.54) is 0 Å². The Morgan fingerprint density at radius 1 is 1.04 bits per heavy atom. The standard InChI is InChI=1S/C18H15BrN2O2/c1-11-15(17(22)13-5-3-2-4-6-13)16(21-18(23)20-11)12-7-9-14(19)10-8-12/h2-10,15-16H,1H2,(H2,20,21,23)/t15-,16-/m1/s1. The van der Waals surface area contributed by atoms with E-state index in [0.29, 0.717) is 11.3 Å². The van der Waals surface area contributed by atoms with Crippen LogP contribution in [0.2, 0.25) is 0 Å². The van der Waals surface area contributed by atoms with E-state index in [-0.39, 0.29) is 11.8 Å². The fourth-order valence-corrected chi connectivity index (χ4v) is 2.99. The Morgan fingerprint density at radius 3 is 2.35 bits per heavy atom. The van der Waals surface area contributed by atoms with Crippen LogP contribution in [0.1, 0.15) is 22.0 Å². The van der Waals surface area contributed by atoms with Crippen molar-refractivity contribution in [3.05, 3.63) is 82.5 Å². The maximum atomic E-state index is 12.9. The third-order valence-corrected chi connectivity index (χ3v) is 4.37. The molecule has 1 aliphatic rings. The molecule has 3 rings (SSSR count). The fourth-order valence-electron chi connectivity index (χ4n) is 2.72. The number of benzene rings is 2. The zero-order chi connectivity index (χ0) is 16.4. The number of halogens is 1. The minimum Gasteiger partial charge on any atom is -0.330 e. The molecular weight excluding hydrogens is 356 g/mol. The van der Waals surface area contributed by atoms with Crippen molar-refractivity contribution in [1.82, 2.24) is 10.6 Å². The molecule has 1 saturated heterocycles. The average molecular weight is 371 g/mol. The van der Waals surface area contributed by atoms with Crippen molar-refractivity contribution in [3.8, 4) is 0 Å². The largest absolute Gasteiger partial charge is 0.330 e. The van der Waals surface area contributed by atoms with Gasteiger partial charge in [0.1, 0.15) is 0 Å². The molecule has 0 aromatic heterocycles. The summed E-state index contributed by atoms with van der Waals surface area (Å²) in [6, 6.07) is 15.8. The van der Waals surface area contributed by atoms with E-state index in [9.17, 15) is 9.59 Å². The zero-order valence-electron chi connectivity index (χ0n) is 12.3. The number of hydrogen-bond acceptors (Lipinski definition) is 2. The highest BCUT2D eigenvalue weighted by atomic mass is 79.9. The average Bonchev–Trinajstić information content (AvgIpc) is 2.55. The van der Waals surface area contributed by atoms with Gasteiger partial charge in [-0.3, -0.25) is 4.79 Å². The van der Waals surface area contributed by atoms with Crippen molar-refractivity contribution < 1.29 is 9.59 Å². The van der Waals surface area contributed by atoms with Crippen LogP contribution in [-0.2, 0) is 0 Å². The van der Waals surface area contributed by atoms with E-state index in [1.54, 1.807) is 12.1 Å². The molecule has 0 radical (unpaired) electrons. The molecule has 0 spiro atoms. The summed E-state index contributed by atoms with van der Waals surface area (Å²) in [6.07, 6.45) is 0. The quantitative estimate of drug-likeness (QED) is 0.806. The lowest BCUT2D eigenvalue weighted by Gasteiger charge is -2.34. The number of urea groups is 1. The highest BCUT2D eigenvalue weighted by Gasteiger charge is 2.37. The Balaban J connectivity index is 1.99. The van der Waals surface area contributed by atoms with E-state index >= 15 is 0 Å². The molecule has 4 nitrogen and oxygen atoms in total. The van der Waals surface area contributed by atoms with Crippen LogP contribution in [0.5, 0.6) is 0 Å². The van der Waals surface area contributed by atoms with Crippen LogP contribution >= 0.6 is 15.9 Å². The number of Topliss-reactive ketones (excluding diaryl/α,β-unsaturated/α-hetero) is 1. The SMILES string of the molecule is C=C1NC(=O)N[C@H](c2ccc(Br)cc2)[C@@H]1C(=O)c1ccccc1. The molecule has 2 atom stereocenters. The van der Waals surface area contributed by atoms with Gasteiger partial charge in [0.05, 0.1) is 12.0 Å². The van der Waals surface area contributed by atoms with Crippen molar-refractivity contribution in [2.24, 2.45) is 5.92 Å². The van der Waals surface area contributed by atoms with Crippen molar-refractivity contribution in [1.29, 1.82) is 0 Å². The van der Waals surface area contributed by atoms with Crippen molar-refractivity contribution >= 4 is 27.7 Å². The molecule has 0 bridgehead atoms. The molecule has 5 heteroatoms. The highest BCUT2D eigenvalue weighted by molar-refractivity contribution is 9.10. The van der Waals surface area contributed by atoms with Gasteiger partial charge in [0.2, 0.25) is 0 Å². The Labute approximate surface area is 142 Å². The van der Waals surface area contributed by atoms with Gasteiger partial charge in [0.15, 0.2) is 5.78 Å². The summed E-state index contributed by atoms with van der Waals surface area (Å²) in [5.74, 6) is -0.632. The second-order valence-corrected chi connectivity index (χ2v) is 6.28. The van der Waals surface area contributed by atoms with E-state index in [4.69, 9.17) is 0 Å². The number of ketones is 1. The van der Waals surface area contributed by atoms with Gasteiger partial charge >= 0.3 is 6.03 Å². The number of hydrogen-bond donors (Lipinski definition) is 2. The molecule has 0 aliphatic carbocycles. The normalized spacial score (nSPS) is 20.6. The summed E-state index contributed by atoms with van der Waals surface area (Å²) in [5, 5.41) is 5.45. The Hall–Kier alpha value is -2.40. The van der Waals surface area contributed by atoms with Gasteiger partial charge in [-0.05, 0) is 17.7 Å². The number of rotatable bonds is 3. The van der Waals surface area contributed by atoms with Gasteiger partial charge in [-0.25, -0.2) is 4.79 Å². The predicted molar refractivity (Wildman–Crippen MR) is 92.0 cm³/mol. The van der Waals surface area contributed by atoms with Crippen LogP contribution in [-0.4, -0.2) is 11.8 Å². The number of amides is 2. The zero-order valence-corrected chi connectivity index (χ0v) is 13.8. The molecule has 116 valence electrons. The molecule has 1 aliphatic heterocycles. The third-order valence-electron chi connectivity index (χ3n) is 3.84. The lowest BCUT2D eigenvalue weighted by Crippen LogP contribution is -2.50. The van der Waals surface area contributed by atoms with E-state index in [0.717, 1.165) is 10.0 Å². The number of carbonyl (C=O) groups is 2. The Kier molecular flexibility index (Phi) is 4.30. The smallest absolute Gasteiger partial charge is 0.319 e. The second-order valence-electron chi connectivity index (χ2n) is 5.36. The molecule has 0 saturated carbocycles. The van der Waals surface area contributed by atoms with E-state index in [1.807, 2.05) is 42.5 Å². The molecule has 1 heterocycles. The summed E-state index contributed by atoms with van der Waals surface area (Å²) < 4.78 is 0.936. The highest BCUT2D eigenvalue weighted by Crippen LogP contribution is 2.32. The van der Waals surface area contributed by atoms with Crippen LogP contribution in [0, 0.1) is 5.92 Å². The monoisotopic (exact) mass is 370 g/mol. The maximum Gasteiger partial charge on any atom is 0.319 e. The molecule has 2 N–H and O–H groups in total. The summed E-state index contributed by atoms with van der Waals surface area (Å²) in [7, 11) is 0. The first-order valence-corrected chi connectivity index (χ1v) is 7.96. The summed E-state index contributed by atoms with van der Waals surface area (Å²) in [4.78, 5) is 24.7. The lowest BCUT2D eigenvalue weighted by molar-refractivity contribution is 0.0905. The summed E-state index contributed by atoms with van der Waals surface area (Å²) in [5.41, 5.74) is 1.87. The van der Waals surface area contributed by atoms with Crippen LogP contribution in [0.3, 0.4) is 0 Å². The van der Waals surface area contributed by atoms with Crippen LogP contribution in [0.4, 0.5) is 4.79 Å². The molecule has 2 aromatic rings. The first-order chi connectivity index (χ1) is 11.1. The molecule has 2 aromatic carbocycles. The minimum absolute atomic E-state index is 0.0731. The number of nitrogens with one attached hydrogen (secondary N) is 2. The minimum atomic E-state index is -0.559. The number of carbonyl (C=O) groups excluding carboxylic acids is 2. The lowest BCUT2D eigenvalue weighted by atomic mass is 9.83. The maximum absolute atomic E-state index is 12.9. The molecular formula is C18H15BrN2O2. The summed E-state index contributed by atoms with van der Waals surface area (Å²) in [6.45, 7) is 3.88. The molecule has 1 fully saturated rings. The first-order valence-electron chi connectivity index (χ1n) is 7.17. The third kappa shape index (κ3) is 3.19. The topological polar surface area (TPSA) is 58.2 Å². The molecule has 0 unspecified atom stereocenters. The van der Waals surface area contributed by atoms with Gasteiger partial charge in [0.25, 0.3) is 0 Å². The van der Waals surface area contributed by atoms with Gasteiger partial charge in [-0.1, -0.05) is 65.0 Å². The van der Waals surface area contributed by atoms with Crippen molar-refractivity contribution in [3.63, 3.8) is 0 Å². The van der Waals surface area contributed by atoms with E-state index in [2.05, 4.69) is 33.1 Å². The van der Waals surface area contributed by atoms with Gasteiger partial charge in [0, 0.05) is 15.7 Å². The van der Waals surface area contributed by atoms with Crippen molar-refractivity contribution in [2.75, 3.05) is 0 Å². The molecule has 2 amide bonds. The van der Waals surface area contributed by atoms with Gasteiger partial charge in [-0.2, -0.15) is 0 Å². The fraction of sp³-hybridized carbons (Fsp3) is 0.111. The van der Waals surface area contributed by atoms with Gasteiger partial charge < -0.3 is 10.6 Å². The second kappa shape index (κ2) is 6.38. The Bertz CT molecular complexity index is 756. The van der Waals surface area contributed by atoms with Crippen LogP contribution < -0.4 is 10.6 Å². The molecule has 23 heavy (non-hydrogen) atoms. The first kappa shape index (κ1) is 15.5. The Morgan fingerprint density at radius 2 is 1.70 bits per heavy atom. The predicted octanol–water partition coefficient (Wildman–Crippen LogP) is 3.82. The summed E-state index contributed by atoms with van der Waals surface area (Å²) >= 11 is 3.39. The van der Waals surface area contributed by atoms with E-state index < -0.39 is 12.0 Å².